The molecule has 2 aromatic rings. The van der Waals surface area contributed by atoms with Gasteiger partial charge in [0, 0.05) is 25.2 Å². The molecule has 74 valence electrons. The standard InChI is InChI=1S/C8H10N4O2/c1-10-4-9-6-5(10)7(13)12(3)8(14)11(6)2/h4H,1-3H3/i3D3,4D. The van der Waals surface area contributed by atoms with Crippen LogP contribution in [0.15, 0.2) is 15.9 Å². The Labute approximate surface area is 84.6 Å². The quantitative estimate of drug-likeness (QED) is 0.544. The summed E-state index contributed by atoms with van der Waals surface area (Å²) in [5, 5.41) is 0. The van der Waals surface area contributed by atoms with Crippen LogP contribution in [0.1, 0.15) is 5.48 Å². The molecular formula is C8H10N4O2. The highest BCUT2D eigenvalue weighted by Gasteiger charge is 2.11. The highest BCUT2D eigenvalue weighted by atomic mass is 16.2. The monoisotopic (exact) mass is 198 g/mol. The number of aromatic nitrogens is 4. The van der Waals surface area contributed by atoms with Crippen LogP contribution >= 0.6 is 0 Å². The third kappa shape index (κ3) is 0.876. The van der Waals surface area contributed by atoms with Crippen LogP contribution in [0.3, 0.4) is 0 Å². The zero-order valence-electron chi connectivity index (χ0n) is 11.6. The third-order valence-corrected chi connectivity index (χ3v) is 2.05. The first-order chi connectivity index (χ1) is 8.16. The lowest BCUT2D eigenvalue weighted by atomic mass is 10.5. The van der Waals surface area contributed by atoms with Gasteiger partial charge in [0.2, 0.25) is 0 Å². The largest absolute Gasteiger partial charge is 0.332 e. The van der Waals surface area contributed by atoms with Gasteiger partial charge in [0.15, 0.2) is 11.2 Å². The average molecular weight is 198 g/mol. The molecule has 0 aliphatic rings. The molecule has 2 heterocycles. The number of fused-ring (bicyclic) bond motifs is 1. The Hall–Kier alpha value is -1.85. The molecule has 0 atom stereocenters. The van der Waals surface area contributed by atoms with Crippen molar-refractivity contribution in [2.45, 2.75) is 0 Å². The fourth-order valence-corrected chi connectivity index (χ4v) is 1.28. The first-order valence-corrected chi connectivity index (χ1v) is 3.82. The summed E-state index contributed by atoms with van der Waals surface area (Å²) in [5.74, 6) is 0. The summed E-state index contributed by atoms with van der Waals surface area (Å²) in [7, 11) is 2.71. The zero-order valence-corrected chi connectivity index (χ0v) is 7.61. The van der Waals surface area contributed by atoms with E-state index in [0.717, 1.165) is 9.13 Å². The van der Waals surface area contributed by atoms with Gasteiger partial charge in [-0.25, -0.2) is 9.78 Å². The predicted molar refractivity (Wildman–Crippen MR) is 51.2 cm³/mol. The molecule has 0 bridgehead atoms. The second-order valence-electron chi connectivity index (χ2n) is 2.93. The van der Waals surface area contributed by atoms with Crippen molar-refractivity contribution in [3.05, 3.63) is 27.1 Å². The molecule has 6 nitrogen and oxygen atoms in total. The molecule has 6 heteroatoms. The van der Waals surface area contributed by atoms with Gasteiger partial charge in [-0.05, 0) is 0 Å². The summed E-state index contributed by atoms with van der Waals surface area (Å²) in [4.78, 5) is 27.6. The summed E-state index contributed by atoms with van der Waals surface area (Å²) in [6, 6.07) is 0. The van der Waals surface area contributed by atoms with E-state index >= 15 is 0 Å². The lowest BCUT2D eigenvalue weighted by Gasteiger charge is -2.02. The van der Waals surface area contributed by atoms with Crippen LogP contribution in [0.25, 0.3) is 11.2 Å². The van der Waals surface area contributed by atoms with E-state index in [0.29, 0.717) is 0 Å². The first-order valence-electron chi connectivity index (χ1n) is 5.82. The van der Waals surface area contributed by atoms with Crippen molar-refractivity contribution in [2.75, 3.05) is 0 Å². The minimum atomic E-state index is -2.87. The van der Waals surface area contributed by atoms with Crippen molar-refractivity contribution in [1.82, 2.24) is 18.7 Å². The van der Waals surface area contributed by atoms with E-state index in [9.17, 15) is 9.59 Å². The van der Waals surface area contributed by atoms with Gasteiger partial charge in [-0.2, -0.15) is 0 Å². The van der Waals surface area contributed by atoms with E-state index in [-0.39, 0.29) is 22.0 Å². The zero-order chi connectivity index (χ0) is 13.8. The molecule has 0 amide bonds. The molecule has 2 rings (SSSR count). The number of aryl methyl sites for hydroxylation is 2. The van der Waals surface area contributed by atoms with Crippen LogP contribution < -0.4 is 11.2 Å². The topological polar surface area (TPSA) is 61.8 Å². The van der Waals surface area contributed by atoms with Gasteiger partial charge in [-0.15, -0.1) is 0 Å². The molecule has 0 N–H and O–H groups in total. The van der Waals surface area contributed by atoms with Gasteiger partial charge in [0.25, 0.3) is 5.56 Å². The average Bonchev–Trinajstić information content (AvgIpc) is 2.51. The predicted octanol–water partition coefficient (Wildman–Crippen LogP) is -1.03. The molecule has 0 saturated heterocycles. The molecule has 2 aromatic heterocycles. The van der Waals surface area contributed by atoms with Gasteiger partial charge < -0.3 is 4.57 Å². The van der Waals surface area contributed by atoms with Crippen molar-refractivity contribution >= 4 is 11.2 Å². The van der Waals surface area contributed by atoms with Crippen LogP contribution in [-0.2, 0) is 21.1 Å². The van der Waals surface area contributed by atoms with E-state index in [1.807, 2.05) is 0 Å². The molecule has 0 aromatic carbocycles. The van der Waals surface area contributed by atoms with Crippen LogP contribution in [0, 0.1) is 0 Å². The van der Waals surface area contributed by atoms with Gasteiger partial charge >= 0.3 is 5.69 Å². The molecule has 0 fully saturated rings. The SMILES string of the molecule is [2H]c1nc2c(c(=O)n(C([2H])([2H])[2H])c(=O)n2C)n1C. The van der Waals surface area contributed by atoms with Gasteiger partial charge in [-0.3, -0.25) is 13.9 Å². The summed E-state index contributed by atoms with van der Waals surface area (Å²) in [6.45, 7) is -2.87. The number of hydrogen-bond donors (Lipinski definition) is 0. The molecular weight excluding hydrogens is 184 g/mol. The fraction of sp³-hybridized carbons (Fsp3) is 0.375. The second kappa shape index (κ2) is 2.57. The number of imidazole rings is 1. The molecule has 0 saturated carbocycles. The third-order valence-electron chi connectivity index (χ3n) is 2.05. The maximum Gasteiger partial charge on any atom is 0.332 e. The fourth-order valence-electron chi connectivity index (χ4n) is 1.28. The van der Waals surface area contributed by atoms with E-state index in [1.165, 1.54) is 14.1 Å². The summed E-state index contributed by atoms with van der Waals surface area (Å²) in [5.41, 5.74) is -2.04. The Balaban J connectivity index is 3.14. The van der Waals surface area contributed by atoms with E-state index < -0.39 is 18.2 Å². The normalized spacial score (nSPS) is 16.1. The number of hydrogen-bond acceptors (Lipinski definition) is 3. The van der Waals surface area contributed by atoms with E-state index in [1.54, 1.807) is 0 Å². The lowest BCUT2D eigenvalue weighted by molar-refractivity contribution is 0.705. The van der Waals surface area contributed by atoms with Crippen molar-refractivity contribution < 1.29 is 5.48 Å². The number of nitrogens with zero attached hydrogens (tertiary/aromatic N) is 4. The molecule has 0 unspecified atom stereocenters. The van der Waals surface area contributed by atoms with Crippen molar-refractivity contribution in [2.24, 2.45) is 21.1 Å². The molecule has 0 aliphatic heterocycles. The Kier molecular flexibility index (Phi) is 0.942. The van der Waals surface area contributed by atoms with Gasteiger partial charge in [-0.1, -0.05) is 0 Å². The maximum atomic E-state index is 12.0. The van der Waals surface area contributed by atoms with Gasteiger partial charge in [0.05, 0.1) is 6.30 Å². The highest BCUT2D eigenvalue weighted by molar-refractivity contribution is 5.69. The Morgan fingerprint density at radius 1 is 1.43 bits per heavy atom. The van der Waals surface area contributed by atoms with Crippen LogP contribution in [0.2, 0.25) is 0 Å². The van der Waals surface area contributed by atoms with Crippen LogP contribution in [0.4, 0.5) is 0 Å². The Morgan fingerprint density at radius 2 is 2.14 bits per heavy atom. The summed E-state index contributed by atoms with van der Waals surface area (Å²) < 4.78 is 31.4. The van der Waals surface area contributed by atoms with E-state index in [4.69, 9.17) is 5.48 Å². The second-order valence-corrected chi connectivity index (χ2v) is 2.93. The van der Waals surface area contributed by atoms with E-state index in [2.05, 4.69) is 4.98 Å². The Morgan fingerprint density at radius 3 is 2.79 bits per heavy atom. The molecule has 14 heavy (non-hydrogen) atoms. The summed E-state index contributed by atoms with van der Waals surface area (Å²) in [6.07, 6.45) is -0.222. The minimum absolute atomic E-state index is 0.00185. The van der Waals surface area contributed by atoms with Crippen molar-refractivity contribution in [1.29, 1.82) is 0 Å². The minimum Gasteiger partial charge on any atom is -0.328 e. The molecule has 0 radical (unpaired) electrons. The van der Waals surface area contributed by atoms with Crippen LogP contribution in [0.5, 0.6) is 0 Å². The first kappa shape index (κ1) is 5.14. The summed E-state index contributed by atoms with van der Waals surface area (Å²) >= 11 is 0. The van der Waals surface area contributed by atoms with Crippen LogP contribution in [-0.4, -0.2) is 18.7 Å². The Bertz CT molecular complexity index is 752. The smallest absolute Gasteiger partial charge is 0.328 e. The molecule has 0 spiro atoms. The van der Waals surface area contributed by atoms with Crippen molar-refractivity contribution in [3.63, 3.8) is 0 Å². The lowest BCUT2D eigenvalue weighted by Crippen LogP contribution is -2.37. The highest BCUT2D eigenvalue weighted by Crippen LogP contribution is 2.01. The number of rotatable bonds is 0. The maximum absolute atomic E-state index is 12.0. The van der Waals surface area contributed by atoms with Crippen molar-refractivity contribution in [3.8, 4) is 0 Å². The molecule has 0 aliphatic carbocycles. The van der Waals surface area contributed by atoms with Gasteiger partial charge in [0.1, 0.15) is 1.37 Å².